The molecular formula is C27H25N. The Kier molecular flexibility index (Phi) is 5.34. The topological polar surface area (TPSA) is 12.4 Å². The first-order chi connectivity index (χ1) is 13.7. The van der Waals surface area contributed by atoms with E-state index in [0.29, 0.717) is 0 Å². The third-order valence-electron chi connectivity index (χ3n) is 5.18. The van der Waals surface area contributed by atoms with Crippen molar-refractivity contribution in [2.24, 2.45) is 4.99 Å². The first-order valence-electron chi connectivity index (χ1n) is 9.81. The van der Waals surface area contributed by atoms with Gasteiger partial charge in [-0.3, -0.25) is 4.99 Å². The Morgan fingerprint density at radius 2 is 1.25 bits per heavy atom. The number of aryl methyl sites for hydroxylation is 2. The van der Waals surface area contributed by atoms with Crippen LogP contribution in [0.25, 0.3) is 10.8 Å². The summed E-state index contributed by atoms with van der Waals surface area (Å²) in [7, 11) is 0. The molecule has 28 heavy (non-hydrogen) atoms. The van der Waals surface area contributed by atoms with Gasteiger partial charge >= 0.3 is 0 Å². The summed E-state index contributed by atoms with van der Waals surface area (Å²) >= 11 is 0. The molecule has 0 radical (unpaired) electrons. The molecular weight excluding hydrogens is 338 g/mol. The van der Waals surface area contributed by atoms with Crippen molar-refractivity contribution in [1.82, 2.24) is 0 Å². The maximum atomic E-state index is 4.97. The zero-order valence-electron chi connectivity index (χ0n) is 16.5. The molecule has 0 atom stereocenters. The van der Waals surface area contributed by atoms with E-state index in [4.69, 9.17) is 4.99 Å². The van der Waals surface area contributed by atoms with E-state index in [1.54, 1.807) is 0 Å². The number of nitrogens with zero attached hydrogens (tertiary/aromatic N) is 1. The Morgan fingerprint density at radius 3 is 1.86 bits per heavy atom. The molecule has 0 aliphatic rings. The van der Waals surface area contributed by atoms with E-state index >= 15 is 0 Å². The summed E-state index contributed by atoms with van der Waals surface area (Å²) in [4.78, 5) is 4.97. The predicted octanol–water partition coefficient (Wildman–Crippen LogP) is 6.86. The SMILES string of the molecule is Cc1ccc(C(N=CCc2ccc3ccccc3c2)c2ccc(C)cc2)cc1. The van der Waals surface area contributed by atoms with Gasteiger partial charge < -0.3 is 0 Å². The average molecular weight is 364 g/mol. The second-order valence-electron chi connectivity index (χ2n) is 7.44. The van der Waals surface area contributed by atoms with Gasteiger partial charge in [0.1, 0.15) is 0 Å². The molecule has 0 N–H and O–H groups in total. The van der Waals surface area contributed by atoms with E-state index in [2.05, 4.69) is 111 Å². The predicted molar refractivity (Wildman–Crippen MR) is 120 cm³/mol. The highest BCUT2D eigenvalue weighted by Crippen LogP contribution is 2.26. The molecule has 1 heteroatoms. The van der Waals surface area contributed by atoms with Crippen molar-refractivity contribution < 1.29 is 0 Å². The molecule has 4 aromatic carbocycles. The largest absolute Gasteiger partial charge is 0.284 e. The summed E-state index contributed by atoms with van der Waals surface area (Å²) in [5, 5.41) is 2.56. The molecule has 0 spiro atoms. The number of fused-ring (bicyclic) bond motifs is 1. The lowest BCUT2D eigenvalue weighted by Crippen LogP contribution is -2.00. The molecule has 0 heterocycles. The second-order valence-corrected chi connectivity index (χ2v) is 7.44. The highest BCUT2D eigenvalue weighted by molar-refractivity contribution is 5.83. The van der Waals surface area contributed by atoms with Crippen molar-refractivity contribution in [3.8, 4) is 0 Å². The zero-order chi connectivity index (χ0) is 19.3. The van der Waals surface area contributed by atoms with Gasteiger partial charge in [-0.25, -0.2) is 0 Å². The van der Waals surface area contributed by atoms with Crippen molar-refractivity contribution in [3.05, 3.63) is 119 Å². The monoisotopic (exact) mass is 363 g/mol. The minimum Gasteiger partial charge on any atom is -0.284 e. The number of rotatable bonds is 5. The van der Waals surface area contributed by atoms with Crippen LogP contribution in [0.4, 0.5) is 0 Å². The number of hydrogen-bond acceptors (Lipinski definition) is 1. The van der Waals surface area contributed by atoms with E-state index in [9.17, 15) is 0 Å². The van der Waals surface area contributed by atoms with Crippen molar-refractivity contribution in [2.45, 2.75) is 26.3 Å². The zero-order valence-corrected chi connectivity index (χ0v) is 16.5. The van der Waals surface area contributed by atoms with E-state index in [1.165, 1.54) is 38.6 Å². The average Bonchev–Trinajstić information content (AvgIpc) is 2.73. The van der Waals surface area contributed by atoms with Gasteiger partial charge in [-0.2, -0.15) is 0 Å². The Hall–Kier alpha value is -3.19. The van der Waals surface area contributed by atoms with Gasteiger partial charge in [0.25, 0.3) is 0 Å². The van der Waals surface area contributed by atoms with E-state index in [1.807, 2.05) is 0 Å². The van der Waals surface area contributed by atoms with Gasteiger partial charge in [-0.1, -0.05) is 102 Å². The number of hydrogen-bond donors (Lipinski definition) is 0. The van der Waals surface area contributed by atoms with Crippen molar-refractivity contribution in [1.29, 1.82) is 0 Å². The standard InChI is InChI=1S/C27H25N/c1-20-7-12-24(13-8-20)27(25-14-9-21(2)10-15-25)28-18-17-22-11-16-23-5-3-4-6-26(23)19-22/h3-16,18-19,27H,17H2,1-2H3. The van der Waals surface area contributed by atoms with Gasteiger partial charge in [0.15, 0.2) is 0 Å². The fraction of sp³-hybridized carbons (Fsp3) is 0.148. The van der Waals surface area contributed by atoms with Crippen molar-refractivity contribution in [2.75, 3.05) is 0 Å². The Labute approximate surface area is 167 Å². The molecule has 0 aromatic heterocycles. The second kappa shape index (κ2) is 8.22. The quantitative estimate of drug-likeness (QED) is 0.343. The van der Waals surface area contributed by atoms with Gasteiger partial charge in [0, 0.05) is 12.6 Å². The molecule has 1 nitrogen and oxygen atoms in total. The van der Waals surface area contributed by atoms with Crippen LogP contribution in [0.5, 0.6) is 0 Å². The minimum absolute atomic E-state index is 0.0293. The van der Waals surface area contributed by atoms with Crippen LogP contribution in [0.15, 0.2) is 96.0 Å². The molecule has 0 unspecified atom stereocenters. The maximum absolute atomic E-state index is 4.97. The normalized spacial score (nSPS) is 11.5. The van der Waals surface area contributed by atoms with E-state index in [-0.39, 0.29) is 6.04 Å². The highest BCUT2D eigenvalue weighted by atomic mass is 14.8. The maximum Gasteiger partial charge on any atom is 0.0995 e. The number of benzene rings is 4. The summed E-state index contributed by atoms with van der Waals surface area (Å²) in [5.74, 6) is 0. The molecule has 0 saturated heterocycles. The van der Waals surface area contributed by atoms with Crippen LogP contribution in [-0.4, -0.2) is 6.21 Å². The Morgan fingerprint density at radius 1 is 0.679 bits per heavy atom. The fourth-order valence-electron chi connectivity index (χ4n) is 3.49. The van der Waals surface area contributed by atoms with Crippen LogP contribution in [-0.2, 0) is 6.42 Å². The van der Waals surface area contributed by atoms with E-state index in [0.717, 1.165) is 6.42 Å². The molecule has 138 valence electrons. The summed E-state index contributed by atoms with van der Waals surface area (Å²) in [5.41, 5.74) is 6.28. The van der Waals surface area contributed by atoms with Crippen molar-refractivity contribution in [3.63, 3.8) is 0 Å². The summed E-state index contributed by atoms with van der Waals surface area (Å²) < 4.78 is 0. The summed E-state index contributed by atoms with van der Waals surface area (Å²) in [6, 6.07) is 32.6. The van der Waals surface area contributed by atoms with Crippen LogP contribution in [0.3, 0.4) is 0 Å². The van der Waals surface area contributed by atoms with Gasteiger partial charge in [-0.15, -0.1) is 0 Å². The van der Waals surface area contributed by atoms with Crippen LogP contribution in [0.1, 0.15) is 33.9 Å². The molecule has 0 amide bonds. The highest BCUT2D eigenvalue weighted by Gasteiger charge is 2.12. The lowest BCUT2D eigenvalue weighted by molar-refractivity contribution is 0.873. The lowest BCUT2D eigenvalue weighted by atomic mass is 9.97. The van der Waals surface area contributed by atoms with Crippen LogP contribution in [0.2, 0.25) is 0 Å². The first kappa shape index (κ1) is 18.2. The summed E-state index contributed by atoms with van der Waals surface area (Å²) in [6.45, 7) is 4.24. The molecule has 4 aromatic rings. The van der Waals surface area contributed by atoms with Gasteiger partial charge in [-0.05, 0) is 41.3 Å². The Bertz CT molecular complexity index is 1040. The van der Waals surface area contributed by atoms with Gasteiger partial charge in [0.2, 0.25) is 0 Å². The third kappa shape index (κ3) is 4.20. The molecule has 0 aliphatic carbocycles. The lowest BCUT2D eigenvalue weighted by Gasteiger charge is -2.14. The Balaban J connectivity index is 1.60. The van der Waals surface area contributed by atoms with Crippen LogP contribution in [0, 0.1) is 13.8 Å². The van der Waals surface area contributed by atoms with Crippen molar-refractivity contribution >= 4 is 17.0 Å². The van der Waals surface area contributed by atoms with E-state index < -0.39 is 0 Å². The van der Waals surface area contributed by atoms with Gasteiger partial charge in [0.05, 0.1) is 6.04 Å². The first-order valence-corrected chi connectivity index (χ1v) is 9.81. The number of aliphatic imine (C=N–C) groups is 1. The minimum atomic E-state index is 0.0293. The van der Waals surface area contributed by atoms with Crippen LogP contribution < -0.4 is 0 Å². The molecule has 0 aliphatic heterocycles. The fourth-order valence-corrected chi connectivity index (χ4v) is 3.49. The summed E-state index contributed by atoms with van der Waals surface area (Å²) in [6.07, 6.45) is 2.90. The molecule has 0 saturated carbocycles. The molecule has 0 fully saturated rings. The molecule has 0 bridgehead atoms. The smallest absolute Gasteiger partial charge is 0.0995 e. The molecule has 4 rings (SSSR count). The van der Waals surface area contributed by atoms with Crippen LogP contribution >= 0.6 is 0 Å². The third-order valence-corrected chi connectivity index (χ3v) is 5.18.